The molecule has 6 nitrogen and oxygen atoms in total. The smallest absolute Gasteiger partial charge is 0.225 e. The summed E-state index contributed by atoms with van der Waals surface area (Å²) in [4.78, 5) is 36.9. The van der Waals surface area contributed by atoms with Crippen LogP contribution in [0.2, 0.25) is 0 Å². The maximum atomic E-state index is 12.9. The first-order chi connectivity index (χ1) is 14.6. The number of fused-ring (bicyclic) bond motifs is 1. The third-order valence-corrected chi connectivity index (χ3v) is 5.87. The molecule has 1 aliphatic heterocycles. The third-order valence-electron chi connectivity index (χ3n) is 5.87. The highest BCUT2D eigenvalue weighted by atomic mass is 16.2. The number of piperidine rings is 1. The molecule has 0 bridgehead atoms. The summed E-state index contributed by atoms with van der Waals surface area (Å²) in [6, 6.07) is 18.0. The Morgan fingerprint density at radius 2 is 1.77 bits per heavy atom. The summed E-state index contributed by atoms with van der Waals surface area (Å²) in [6.07, 6.45) is 2.73. The molecule has 30 heavy (non-hydrogen) atoms. The number of rotatable bonds is 6. The van der Waals surface area contributed by atoms with E-state index in [1.165, 1.54) is 5.56 Å². The molecule has 1 aromatic heterocycles. The Morgan fingerprint density at radius 3 is 2.50 bits per heavy atom. The van der Waals surface area contributed by atoms with Crippen LogP contribution in [0.25, 0.3) is 11.0 Å². The number of hydrogen-bond acceptors (Lipinski definition) is 3. The summed E-state index contributed by atoms with van der Waals surface area (Å²) in [6.45, 7) is 1.77. The van der Waals surface area contributed by atoms with Gasteiger partial charge in [0, 0.05) is 32.5 Å². The number of aromatic nitrogens is 2. The van der Waals surface area contributed by atoms with E-state index in [-0.39, 0.29) is 17.7 Å². The molecule has 2 amide bonds. The van der Waals surface area contributed by atoms with Crippen LogP contribution in [0.15, 0.2) is 54.6 Å². The molecule has 2 heterocycles. The Morgan fingerprint density at radius 1 is 1.07 bits per heavy atom. The molecular formula is C24H28N4O2. The monoisotopic (exact) mass is 404 g/mol. The lowest BCUT2D eigenvalue weighted by molar-refractivity contribution is -0.140. The molecule has 0 aliphatic carbocycles. The molecule has 3 aromatic rings. The van der Waals surface area contributed by atoms with Gasteiger partial charge >= 0.3 is 0 Å². The van der Waals surface area contributed by atoms with E-state index in [4.69, 9.17) is 0 Å². The fourth-order valence-electron chi connectivity index (χ4n) is 4.12. The largest absolute Gasteiger partial charge is 0.343 e. The minimum absolute atomic E-state index is 0.0300. The number of carbonyl (C=O) groups excluding carboxylic acids is 2. The fourth-order valence-corrected chi connectivity index (χ4v) is 4.12. The van der Waals surface area contributed by atoms with Crippen LogP contribution in [0, 0.1) is 5.92 Å². The summed E-state index contributed by atoms with van der Waals surface area (Å²) < 4.78 is 0. The van der Waals surface area contributed by atoms with Gasteiger partial charge in [0.05, 0.1) is 17.6 Å². The molecule has 0 unspecified atom stereocenters. The standard InChI is InChI=1S/C24H28N4O2/c1-27(17-22-25-20-9-5-6-10-21(20)26-22)24(30)19-13-15-28(16-14-19)23(29)12-11-18-7-3-2-4-8-18/h2-10,19H,11-17H2,1H3,(H,25,26). The second kappa shape index (κ2) is 9.11. The van der Waals surface area contributed by atoms with Crippen molar-refractivity contribution in [2.75, 3.05) is 20.1 Å². The number of H-pyrrole nitrogens is 1. The van der Waals surface area contributed by atoms with Crippen molar-refractivity contribution in [2.45, 2.75) is 32.2 Å². The van der Waals surface area contributed by atoms with E-state index in [9.17, 15) is 9.59 Å². The van der Waals surface area contributed by atoms with Gasteiger partial charge < -0.3 is 14.8 Å². The first kappa shape index (κ1) is 20.1. The van der Waals surface area contributed by atoms with Crippen LogP contribution in [-0.2, 0) is 22.6 Å². The van der Waals surface area contributed by atoms with Gasteiger partial charge in [0.1, 0.15) is 5.82 Å². The summed E-state index contributed by atoms with van der Waals surface area (Å²) >= 11 is 0. The van der Waals surface area contributed by atoms with Crippen LogP contribution in [0.1, 0.15) is 30.7 Å². The zero-order valence-electron chi connectivity index (χ0n) is 17.4. The predicted molar refractivity (Wildman–Crippen MR) is 117 cm³/mol. The topological polar surface area (TPSA) is 69.3 Å². The van der Waals surface area contributed by atoms with Crippen molar-refractivity contribution in [3.05, 3.63) is 66.0 Å². The van der Waals surface area contributed by atoms with Crippen molar-refractivity contribution in [3.8, 4) is 0 Å². The molecule has 1 saturated heterocycles. The van der Waals surface area contributed by atoms with Gasteiger partial charge in [0.15, 0.2) is 0 Å². The van der Waals surface area contributed by atoms with Crippen molar-refractivity contribution >= 4 is 22.8 Å². The number of hydrogen-bond donors (Lipinski definition) is 1. The number of nitrogens with zero attached hydrogens (tertiary/aromatic N) is 3. The van der Waals surface area contributed by atoms with Gasteiger partial charge in [0.2, 0.25) is 11.8 Å². The van der Waals surface area contributed by atoms with Crippen LogP contribution in [0.5, 0.6) is 0 Å². The quantitative estimate of drug-likeness (QED) is 0.685. The van der Waals surface area contributed by atoms with E-state index in [0.29, 0.717) is 26.1 Å². The average molecular weight is 405 g/mol. The van der Waals surface area contributed by atoms with Gasteiger partial charge in [-0.05, 0) is 37.0 Å². The predicted octanol–water partition coefficient (Wildman–Crippen LogP) is 3.39. The van der Waals surface area contributed by atoms with Crippen molar-refractivity contribution in [1.29, 1.82) is 0 Å². The number of amides is 2. The molecule has 1 fully saturated rings. The summed E-state index contributed by atoms with van der Waals surface area (Å²) in [7, 11) is 1.83. The highest BCUT2D eigenvalue weighted by molar-refractivity contribution is 5.80. The van der Waals surface area contributed by atoms with E-state index in [1.54, 1.807) is 4.90 Å². The Bertz CT molecular complexity index is 973. The lowest BCUT2D eigenvalue weighted by Gasteiger charge is -2.33. The Labute approximate surface area is 176 Å². The normalized spacial score (nSPS) is 14.8. The number of carbonyl (C=O) groups is 2. The molecule has 0 spiro atoms. The lowest BCUT2D eigenvalue weighted by Crippen LogP contribution is -2.43. The minimum atomic E-state index is -0.0300. The van der Waals surface area contributed by atoms with E-state index < -0.39 is 0 Å². The van der Waals surface area contributed by atoms with Crippen molar-refractivity contribution in [2.24, 2.45) is 5.92 Å². The van der Waals surface area contributed by atoms with Crippen LogP contribution in [0.3, 0.4) is 0 Å². The summed E-state index contributed by atoms with van der Waals surface area (Å²) in [5.41, 5.74) is 3.08. The number of para-hydroxylation sites is 2. The molecule has 0 atom stereocenters. The van der Waals surface area contributed by atoms with Crippen molar-refractivity contribution in [1.82, 2.24) is 19.8 Å². The number of benzene rings is 2. The highest BCUT2D eigenvalue weighted by Gasteiger charge is 2.29. The molecule has 0 saturated carbocycles. The number of aromatic amines is 1. The highest BCUT2D eigenvalue weighted by Crippen LogP contribution is 2.21. The number of aryl methyl sites for hydroxylation is 1. The van der Waals surface area contributed by atoms with Gasteiger partial charge in [-0.1, -0.05) is 42.5 Å². The Balaban J connectivity index is 1.25. The molecule has 0 radical (unpaired) electrons. The number of nitrogens with one attached hydrogen (secondary N) is 1. The van der Waals surface area contributed by atoms with Crippen LogP contribution >= 0.6 is 0 Å². The average Bonchev–Trinajstić information content (AvgIpc) is 3.20. The second-order valence-electron chi connectivity index (χ2n) is 8.04. The van der Waals surface area contributed by atoms with Crippen molar-refractivity contribution < 1.29 is 9.59 Å². The van der Waals surface area contributed by atoms with Gasteiger partial charge in [-0.25, -0.2) is 4.98 Å². The van der Waals surface area contributed by atoms with Gasteiger partial charge in [-0.3, -0.25) is 9.59 Å². The first-order valence-electron chi connectivity index (χ1n) is 10.6. The van der Waals surface area contributed by atoms with Gasteiger partial charge in [-0.2, -0.15) is 0 Å². The minimum Gasteiger partial charge on any atom is -0.343 e. The Kier molecular flexibility index (Phi) is 6.12. The SMILES string of the molecule is CN(Cc1nc2ccccc2[nH]1)C(=O)C1CCN(C(=O)CCc2ccccc2)CC1. The maximum absolute atomic E-state index is 12.9. The zero-order valence-corrected chi connectivity index (χ0v) is 17.4. The van der Waals surface area contributed by atoms with Gasteiger partial charge in [-0.15, -0.1) is 0 Å². The van der Waals surface area contributed by atoms with E-state index in [2.05, 4.69) is 22.1 Å². The maximum Gasteiger partial charge on any atom is 0.225 e. The molecule has 156 valence electrons. The van der Waals surface area contributed by atoms with Gasteiger partial charge in [0.25, 0.3) is 0 Å². The number of likely N-dealkylation sites (tertiary alicyclic amines) is 1. The lowest BCUT2D eigenvalue weighted by atomic mass is 9.95. The van der Waals surface area contributed by atoms with E-state index >= 15 is 0 Å². The van der Waals surface area contributed by atoms with Crippen LogP contribution in [0.4, 0.5) is 0 Å². The summed E-state index contributed by atoms with van der Waals surface area (Å²) in [5.74, 6) is 1.07. The first-order valence-corrected chi connectivity index (χ1v) is 10.6. The Hall–Kier alpha value is -3.15. The second-order valence-corrected chi connectivity index (χ2v) is 8.04. The molecule has 4 rings (SSSR count). The number of imidazole rings is 1. The van der Waals surface area contributed by atoms with Crippen LogP contribution in [-0.4, -0.2) is 51.7 Å². The zero-order chi connectivity index (χ0) is 20.9. The molecule has 1 aliphatic rings. The fraction of sp³-hybridized carbons (Fsp3) is 0.375. The molecule has 6 heteroatoms. The van der Waals surface area contributed by atoms with Crippen LogP contribution < -0.4 is 0 Å². The molecular weight excluding hydrogens is 376 g/mol. The molecule has 2 aromatic carbocycles. The van der Waals surface area contributed by atoms with E-state index in [0.717, 1.165) is 36.1 Å². The van der Waals surface area contributed by atoms with Crippen molar-refractivity contribution in [3.63, 3.8) is 0 Å². The van der Waals surface area contributed by atoms with E-state index in [1.807, 2.05) is 54.4 Å². The molecule has 1 N–H and O–H groups in total. The summed E-state index contributed by atoms with van der Waals surface area (Å²) in [5, 5.41) is 0. The third kappa shape index (κ3) is 4.70.